The van der Waals surface area contributed by atoms with Gasteiger partial charge in [0.15, 0.2) is 0 Å². The summed E-state index contributed by atoms with van der Waals surface area (Å²) in [6, 6.07) is 18.8. The molecule has 6 rings (SSSR count). The first-order valence-electron chi connectivity index (χ1n) is 14.9. The summed E-state index contributed by atoms with van der Waals surface area (Å²) in [5.41, 5.74) is -2.78. The molecule has 0 amide bonds. The van der Waals surface area contributed by atoms with E-state index in [9.17, 15) is 42.1 Å². The highest BCUT2D eigenvalue weighted by atomic mass is 19.4. The first kappa shape index (κ1) is 34.5. The standard InChI is InChI=1S/C40H16F6N6/c1-19-12-21(14-28(27(19)16-47)39(41,42)43)23-8-6-10-25-32(23)36(30(17-48)50-3)35-26-11-7-9-24(33(26)37(34(25)35)31(18-49)51-4)22-13-20(2)38(52-5)29(15-22)40(44,45)46/h6-15H,1-2H3/b36-30-,37-31+. The lowest BCUT2D eigenvalue weighted by Crippen LogP contribution is -2.09. The molecule has 0 aromatic heterocycles. The number of hydrogen-bond donors (Lipinski definition) is 0. The summed E-state index contributed by atoms with van der Waals surface area (Å²) in [7, 11) is 0. The van der Waals surface area contributed by atoms with Crippen LogP contribution in [0.3, 0.4) is 0 Å². The molecule has 0 fully saturated rings. The maximum Gasteiger partial charge on any atom is 0.417 e. The second kappa shape index (κ2) is 12.2. The van der Waals surface area contributed by atoms with Gasteiger partial charge in [0.05, 0.1) is 48.5 Å². The number of hydrogen-bond acceptors (Lipinski definition) is 3. The zero-order valence-corrected chi connectivity index (χ0v) is 26.7. The van der Waals surface area contributed by atoms with Crippen molar-refractivity contribution in [1.82, 2.24) is 0 Å². The molecule has 12 heteroatoms. The Kier molecular flexibility index (Phi) is 8.08. The lowest BCUT2D eigenvalue weighted by Gasteiger charge is -2.20. The zero-order valence-electron chi connectivity index (χ0n) is 26.7. The topological polar surface area (TPSA) is 84.4 Å². The summed E-state index contributed by atoms with van der Waals surface area (Å²) in [5, 5.41) is 30.0. The third-order valence-electron chi connectivity index (χ3n) is 8.92. The van der Waals surface area contributed by atoms with Crippen LogP contribution in [0.25, 0.3) is 59.1 Å². The van der Waals surface area contributed by atoms with Crippen LogP contribution in [0.15, 0.2) is 72.1 Å². The van der Waals surface area contributed by atoms with Crippen molar-refractivity contribution in [1.29, 1.82) is 15.8 Å². The maximum absolute atomic E-state index is 14.2. The smallest absolute Gasteiger partial charge is 0.237 e. The first-order valence-corrected chi connectivity index (χ1v) is 14.9. The molecule has 0 aliphatic heterocycles. The Morgan fingerprint density at radius 2 is 1.04 bits per heavy atom. The monoisotopic (exact) mass is 694 g/mol. The Balaban J connectivity index is 1.75. The molecule has 0 bridgehead atoms. The number of allylic oxidation sites excluding steroid dienone is 6. The SMILES string of the molecule is [C-]#[N+]/C(C#N)=C1C2=C(/C(=C(\C#N)[N+]#[C-])c3c2cccc3-c2cc(C)c([N+]#[C-])c(C(F)(F)F)c2)c2cccc(-c3cc(C)c(C#N)c(C(F)(F)F)c3)c2\1. The van der Waals surface area contributed by atoms with E-state index in [0.29, 0.717) is 0 Å². The number of aryl methyl sites for hydroxylation is 2. The summed E-state index contributed by atoms with van der Waals surface area (Å²) < 4.78 is 85.3. The van der Waals surface area contributed by atoms with Gasteiger partial charge in [-0.25, -0.2) is 25.1 Å². The summed E-state index contributed by atoms with van der Waals surface area (Å²) in [6.45, 7) is 25.9. The van der Waals surface area contributed by atoms with E-state index in [1.807, 2.05) is 12.1 Å². The van der Waals surface area contributed by atoms with Gasteiger partial charge < -0.3 is 0 Å². The summed E-state index contributed by atoms with van der Waals surface area (Å²) in [4.78, 5) is 9.96. The third-order valence-corrected chi connectivity index (χ3v) is 8.92. The summed E-state index contributed by atoms with van der Waals surface area (Å²) in [6.07, 6.45) is -9.80. The predicted molar refractivity (Wildman–Crippen MR) is 179 cm³/mol. The van der Waals surface area contributed by atoms with E-state index < -0.39 is 46.1 Å². The van der Waals surface area contributed by atoms with E-state index in [-0.39, 0.29) is 77.9 Å². The third kappa shape index (κ3) is 5.07. The Bertz CT molecular complexity index is 2470. The molecule has 0 atom stereocenters. The molecule has 4 aromatic rings. The van der Waals surface area contributed by atoms with Crippen molar-refractivity contribution in [2.75, 3.05) is 0 Å². The van der Waals surface area contributed by atoms with Gasteiger partial charge in [0.25, 0.3) is 11.4 Å². The minimum atomic E-state index is -4.91. The largest absolute Gasteiger partial charge is 0.417 e. The highest BCUT2D eigenvalue weighted by molar-refractivity contribution is 6.39. The van der Waals surface area contributed by atoms with Gasteiger partial charge in [0, 0.05) is 11.1 Å². The lowest BCUT2D eigenvalue weighted by atomic mass is 9.83. The van der Waals surface area contributed by atoms with Gasteiger partial charge in [-0.05, 0) is 86.7 Å². The number of halogens is 6. The Labute approximate surface area is 292 Å². The fraction of sp³-hybridized carbons (Fsp3) is 0.100. The minimum Gasteiger partial charge on any atom is -0.237 e. The van der Waals surface area contributed by atoms with Gasteiger partial charge >= 0.3 is 12.4 Å². The van der Waals surface area contributed by atoms with Gasteiger partial charge in [-0.1, -0.05) is 54.6 Å². The molecule has 52 heavy (non-hydrogen) atoms. The van der Waals surface area contributed by atoms with Crippen LogP contribution in [0.5, 0.6) is 0 Å². The van der Waals surface area contributed by atoms with Gasteiger partial charge in [-0.15, -0.1) is 0 Å². The molecule has 0 spiro atoms. The van der Waals surface area contributed by atoms with Crippen LogP contribution in [0.4, 0.5) is 32.0 Å². The van der Waals surface area contributed by atoms with E-state index in [1.54, 1.807) is 18.2 Å². The van der Waals surface area contributed by atoms with Crippen LogP contribution >= 0.6 is 0 Å². The predicted octanol–water partition coefficient (Wildman–Crippen LogP) is 11.3. The molecule has 248 valence electrons. The normalized spacial score (nSPS) is 14.8. The number of nitrogens with zero attached hydrogens (tertiary/aromatic N) is 6. The molecule has 2 aliphatic rings. The zero-order chi connectivity index (χ0) is 37.9. The first-order chi connectivity index (χ1) is 24.7. The minimum absolute atomic E-state index is 0.000132. The number of alkyl halides is 6. The van der Waals surface area contributed by atoms with Crippen molar-refractivity contribution in [3.63, 3.8) is 0 Å². The second-order valence-electron chi connectivity index (χ2n) is 11.7. The summed E-state index contributed by atoms with van der Waals surface area (Å²) >= 11 is 0. The quantitative estimate of drug-likeness (QED) is 0.119. The molecular formula is C40H16F6N6. The van der Waals surface area contributed by atoms with Crippen LogP contribution in [-0.2, 0) is 12.4 Å². The average molecular weight is 695 g/mol. The Hall–Kier alpha value is -7.38. The van der Waals surface area contributed by atoms with Crippen molar-refractivity contribution in [2.24, 2.45) is 0 Å². The molecule has 6 nitrogen and oxygen atoms in total. The van der Waals surface area contributed by atoms with Crippen molar-refractivity contribution >= 4 is 28.0 Å². The maximum atomic E-state index is 14.2. The molecule has 4 aromatic carbocycles. The van der Waals surface area contributed by atoms with Gasteiger partial charge in [-0.3, -0.25) is 0 Å². The van der Waals surface area contributed by atoms with Crippen LogP contribution < -0.4 is 0 Å². The van der Waals surface area contributed by atoms with E-state index >= 15 is 0 Å². The van der Waals surface area contributed by atoms with Crippen molar-refractivity contribution < 1.29 is 26.3 Å². The molecule has 0 saturated carbocycles. The van der Waals surface area contributed by atoms with Crippen molar-refractivity contribution in [3.8, 4) is 40.5 Å². The highest BCUT2D eigenvalue weighted by Gasteiger charge is 2.43. The second-order valence-corrected chi connectivity index (χ2v) is 11.7. The van der Waals surface area contributed by atoms with Crippen LogP contribution in [0, 0.1) is 67.6 Å². The molecule has 0 N–H and O–H groups in total. The van der Waals surface area contributed by atoms with Crippen LogP contribution in [0.1, 0.15) is 50.1 Å². The van der Waals surface area contributed by atoms with Crippen LogP contribution in [-0.4, -0.2) is 0 Å². The average Bonchev–Trinajstić information content (AvgIpc) is 3.61. The van der Waals surface area contributed by atoms with Gasteiger partial charge in [0.2, 0.25) is 5.69 Å². The molecule has 2 aliphatic carbocycles. The van der Waals surface area contributed by atoms with E-state index in [2.05, 4.69) is 14.5 Å². The van der Waals surface area contributed by atoms with E-state index in [4.69, 9.17) is 19.7 Å². The van der Waals surface area contributed by atoms with Crippen molar-refractivity contribution in [2.45, 2.75) is 26.2 Å². The van der Waals surface area contributed by atoms with Crippen molar-refractivity contribution in [3.05, 3.63) is 156 Å². The molecule has 0 heterocycles. The summed E-state index contributed by atoms with van der Waals surface area (Å²) in [5.74, 6) is 0. The number of fused-ring (bicyclic) bond motifs is 4. The fourth-order valence-electron chi connectivity index (χ4n) is 6.94. The Morgan fingerprint density at radius 3 is 1.42 bits per heavy atom. The Morgan fingerprint density at radius 1 is 0.615 bits per heavy atom. The van der Waals surface area contributed by atoms with Crippen LogP contribution in [0.2, 0.25) is 0 Å². The molecule has 0 radical (unpaired) electrons. The number of nitriles is 3. The van der Waals surface area contributed by atoms with Gasteiger partial charge in [-0.2, -0.15) is 31.6 Å². The number of benzene rings is 4. The molecular weight excluding hydrogens is 678 g/mol. The molecule has 0 unspecified atom stereocenters. The highest BCUT2D eigenvalue weighted by Crippen LogP contribution is 2.62. The number of rotatable bonds is 2. The van der Waals surface area contributed by atoms with Gasteiger partial charge in [0.1, 0.15) is 6.07 Å². The van der Waals surface area contributed by atoms with E-state index in [0.717, 1.165) is 12.1 Å². The fourth-order valence-corrected chi connectivity index (χ4v) is 6.94. The lowest BCUT2D eigenvalue weighted by molar-refractivity contribution is -0.138. The molecule has 0 saturated heterocycles. The van der Waals surface area contributed by atoms with E-state index in [1.165, 1.54) is 50.2 Å².